The van der Waals surface area contributed by atoms with E-state index in [4.69, 9.17) is 5.73 Å². The Kier molecular flexibility index (Phi) is 14.8. The van der Waals surface area contributed by atoms with Crippen LogP contribution < -0.4 is 11.1 Å². The van der Waals surface area contributed by atoms with E-state index in [9.17, 15) is 14.4 Å². The summed E-state index contributed by atoms with van der Waals surface area (Å²) in [6.45, 7) is 11.0. The topological polar surface area (TPSA) is 105 Å². The van der Waals surface area contributed by atoms with Crippen LogP contribution in [0, 0.1) is 18.3 Å². The lowest BCUT2D eigenvalue weighted by Crippen LogP contribution is -2.51. The van der Waals surface area contributed by atoms with E-state index in [2.05, 4.69) is 62.0 Å². The van der Waals surface area contributed by atoms with Crippen molar-refractivity contribution in [1.82, 2.24) is 15.1 Å². The third-order valence-corrected chi connectivity index (χ3v) is 6.31. The van der Waals surface area contributed by atoms with Crippen LogP contribution in [0.2, 0.25) is 0 Å². The molecule has 0 bridgehead atoms. The predicted octanol–water partition coefficient (Wildman–Crippen LogP) is 4.23. The number of carbonyl (C=O) groups excluding carboxylic acids is 3. The van der Waals surface area contributed by atoms with Crippen molar-refractivity contribution in [2.45, 2.75) is 47.1 Å². The second-order valence-corrected chi connectivity index (χ2v) is 10.1. The number of urea groups is 1. The minimum atomic E-state index is -0.395. The van der Waals surface area contributed by atoms with Gasteiger partial charge >= 0.3 is 12.0 Å². The number of rotatable bonds is 6. The molecule has 0 saturated carbocycles. The number of esters is 1. The van der Waals surface area contributed by atoms with Crippen LogP contribution in [0.3, 0.4) is 0 Å². The number of likely N-dealkylation sites (tertiary alicyclic amines) is 1. The molecule has 0 atom stereocenters. The highest BCUT2D eigenvalue weighted by Crippen LogP contribution is 2.34. The van der Waals surface area contributed by atoms with Gasteiger partial charge < -0.3 is 25.6 Å². The van der Waals surface area contributed by atoms with E-state index in [-0.39, 0.29) is 24.5 Å². The second kappa shape index (κ2) is 17.2. The Bertz CT molecular complexity index is 953. The van der Waals surface area contributed by atoms with Crippen LogP contribution >= 0.6 is 0 Å². The number of amides is 3. The molecule has 38 heavy (non-hydrogen) atoms. The zero-order valence-corrected chi connectivity index (χ0v) is 23.9. The van der Waals surface area contributed by atoms with Crippen molar-refractivity contribution >= 4 is 17.9 Å². The number of aryl methyl sites for hydroxylation is 1. The van der Waals surface area contributed by atoms with Crippen LogP contribution in [0.1, 0.15) is 44.7 Å². The van der Waals surface area contributed by atoms with Crippen LogP contribution in [0.5, 0.6) is 0 Å². The maximum atomic E-state index is 13.3. The molecule has 0 unspecified atom stereocenters. The molecule has 1 aliphatic heterocycles. The number of nitrogens with zero attached hydrogens (tertiary/aromatic N) is 2. The summed E-state index contributed by atoms with van der Waals surface area (Å²) in [5.74, 6) is 0.249. The molecule has 3 amide bonds. The van der Waals surface area contributed by atoms with E-state index in [0.29, 0.717) is 38.4 Å². The van der Waals surface area contributed by atoms with Crippen molar-refractivity contribution in [2.75, 3.05) is 40.3 Å². The number of ether oxygens (including phenoxy) is 1. The van der Waals surface area contributed by atoms with Gasteiger partial charge in [-0.05, 0) is 31.2 Å². The number of methoxy groups -OCH3 is 1. The van der Waals surface area contributed by atoms with E-state index in [1.54, 1.807) is 11.9 Å². The number of hydrogen-bond donors (Lipinski definition) is 2. The zero-order chi connectivity index (χ0) is 28.6. The first-order valence-corrected chi connectivity index (χ1v) is 13.1. The Balaban J connectivity index is 0.000000453. The van der Waals surface area contributed by atoms with Gasteiger partial charge in [0, 0.05) is 38.6 Å². The number of piperidine rings is 1. The highest BCUT2D eigenvalue weighted by Gasteiger charge is 2.40. The van der Waals surface area contributed by atoms with Gasteiger partial charge in [-0.1, -0.05) is 87.0 Å². The van der Waals surface area contributed by atoms with Gasteiger partial charge in [0.2, 0.25) is 5.91 Å². The summed E-state index contributed by atoms with van der Waals surface area (Å²) in [5.41, 5.74) is 6.89. The van der Waals surface area contributed by atoms with Crippen LogP contribution in [0.15, 0.2) is 60.7 Å². The Morgan fingerprint density at radius 2 is 1.55 bits per heavy atom. The zero-order valence-electron chi connectivity index (χ0n) is 23.9. The fraction of sp³-hybridized carbons (Fsp3) is 0.500. The molecule has 210 valence electrons. The van der Waals surface area contributed by atoms with E-state index in [1.807, 2.05) is 41.3 Å². The lowest BCUT2D eigenvalue weighted by molar-refractivity contribution is -0.145. The third-order valence-electron chi connectivity index (χ3n) is 6.31. The molecule has 1 fully saturated rings. The van der Waals surface area contributed by atoms with Gasteiger partial charge in [0.15, 0.2) is 0 Å². The van der Waals surface area contributed by atoms with Gasteiger partial charge in [-0.25, -0.2) is 4.79 Å². The fourth-order valence-electron chi connectivity index (χ4n) is 4.04. The second-order valence-electron chi connectivity index (χ2n) is 10.1. The summed E-state index contributed by atoms with van der Waals surface area (Å²) in [4.78, 5) is 38.7. The van der Waals surface area contributed by atoms with E-state index in [1.165, 1.54) is 12.7 Å². The monoisotopic (exact) mass is 526 g/mol. The maximum Gasteiger partial charge on any atom is 0.319 e. The number of benzene rings is 2. The molecule has 2 aromatic carbocycles. The molecule has 8 nitrogen and oxygen atoms in total. The minimum absolute atomic E-state index is 0.0312. The van der Waals surface area contributed by atoms with Gasteiger partial charge in [-0.3, -0.25) is 9.59 Å². The van der Waals surface area contributed by atoms with Gasteiger partial charge in [0.05, 0.1) is 13.7 Å². The van der Waals surface area contributed by atoms with Crippen molar-refractivity contribution in [1.29, 1.82) is 0 Å². The molecular formula is C30H46N4O4. The SMILES string of the molecule is CNC(=O)N1CCC(C)(C(=O)N(Cc2ccccc2)CC(C)C)CC1.COC(=O)CN.Cc1ccccc1. The van der Waals surface area contributed by atoms with Gasteiger partial charge in [0.1, 0.15) is 0 Å². The van der Waals surface area contributed by atoms with Crippen LogP contribution in [-0.4, -0.2) is 68.0 Å². The third kappa shape index (κ3) is 11.8. The molecule has 2 aromatic rings. The van der Waals surface area contributed by atoms with Gasteiger partial charge in [0.25, 0.3) is 0 Å². The lowest BCUT2D eigenvalue weighted by Gasteiger charge is -2.41. The smallest absolute Gasteiger partial charge is 0.319 e. The van der Waals surface area contributed by atoms with Gasteiger partial charge in [-0.15, -0.1) is 0 Å². The molecule has 0 aromatic heterocycles. The number of nitrogens with two attached hydrogens (primary N) is 1. The molecule has 1 saturated heterocycles. The van der Waals surface area contributed by atoms with Crippen LogP contribution in [-0.2, 0) is 20.9 Å². The molecule has 3 rings (SSSR count). The van der Waals surface area contributed by atoms with Crippen molar-refractivity contribution < 1.29 is 19.1 Å². The van der Waals surface area contributed by atoms with E-state index >= 15 is 0 Å². The Labute approximate surface area is 228 Å². The first-order valence-electron chi connectivity index (χ1n) is 13.1. The van der Waals surface area contributed by atoms with E-state index in [0.717, 1.165) is 12.1 Å². The molecule has 0 spiro atoms. The predicted molar refractivity (Wildman–Crippen MR) is 152 cm³/mol. The highest BCUT2D eigenvalue weighted by atomic mass is 16.5. The van der Waals surface area contributed by atoms with Crippen molar-refractivity contribution in [3.05, 3.63) is 71.8 Å². The highest BCUT2D eigenvalue weighted by molar-refractivity contribution is 5.83. The van der Waals surface area contributed by atoms with Crippen molar-refractivity contribution in [2.24, 2.45) is 17.1 Å². The standard InChI is InChI=1S/C20H31N3O2.C7H8.C3H7NO2/c1-16(2)14-23(15-17-8-6-5-7-9-17)18(24)20(3)10-12-22(13-11-20)19(25)21-4;1-7-5-3-2-4-6-7;1-6-3(5)2-4/h5-9,16H,10-15H2,1-4H3,(H,21,25);2-6H,1H3;2,4H2,1H3. The minimum Gasteiger partial charge on any atom is -0.468 e. The number of carbonyl (C=O) groups is 3. The molecular weight excluding hydrogens is 480 g/mol. The van der Waals surface area contributed by atoms with Gasteiger partial charge in [-0.2, -0.15) is 0 Å². The average Bonchev–Trinajstić information content (AvgIpc) is 2.93. The summed E-state index contributed by atoms with van der Waals surface area (Å²) in [5, 5.41) is 2.66. The van der Waals surface area contributed by atoms with Crippen LogP contribution in [0.25, 0.3) is 0 Å². The first kappa shape index (κ1) is 32.6. The quantitative estimate of drug-likeness (QED) is 0.548. The molecule has 3 N–H and O–H groups in total. The fourth-order valence-corrected chi connectivity index (χ4v) is 4.04. The molecule has 8 heteroatoms. The molecule has 0 aliphatic carbocycles. The van der Waals surface area contributed by atoms with E-state index < -0.39 is 5.41 Å². The summed E-state index contributed by atoms with van der Waals surface area (Å²) in [6, 6.07) is 20.4. The number of nitrogens with one attached hydrogen (secondary N) is 1. The Hall–Kier alpha value is -3.39. The molecule has 1 aliphatic rings. The number of hydrogen-bond acceptors (Lipinski definition) is 5. The molecule has 1 heterocycles. The van der Waals surface area contributed by atoms with Crippen molar-refractivity contribution in [3.8, 4) is 0 Å². The average molecular weight is 527 g/mol. The van der Waals surface area contributed by atoms with Crippen LogP contribution in [0.4, 0.5) is 4.79 Å². The Morgan fingerprint density at radius 1 is 1.03 bits per heavy atom. The lowest BCUT2D eigenvalue weighted by atomic mass is 9.78. The normalized spacial score (nSPS) is 13.7. The summed E-state index contributed by atoms with van der Waals surface area (Å²) < 4.78 is 4.14. The summed E-state index contributed by atoms with van der Waals surface area (Å²) in [6.07, 6.45) is 1.42. The van der Waals surface area contributed by atoms with Crippen molar-refractivity contribution in [3.63, 3.8) is 0 Å². The summed E-state index contributed by atoms with van der Waals surface area (Å²) >= 11 is 0. The maximum absolute atomic E-state index is 13.3. The molecule has 0 radical (unpaired) electrons. The summed E-state index contributed by atoms with van der Waals surface area (Å²) in [7, 11) is 2.95. The first-order chi connectivity index (χ1) is 18.1. The largest absolute Gasteiger partial charge is 0.468 e. The Morgan fingerprint density at radius 3 is 1.92 bits per heavy atom.